The van der Waals surface area contributed by atoms with Crippen molar-refractivity contribution in [1.82, 2.24) is 5.32 Å². The summed E-state index contributed by atoms with van der Waals surface area (Å²) in [6.07, 6.45) is 0. The molecule has 16 heavy (non-hydrogen) atoms. The van der Waals surface area contributed by atoms with Gasteiger partial charge in [0, 0.05) is 10.0 Å². The highest BCUT2D eigenvalue weighted by molar-refractivity contribution is 9.10. The van der Waals surface area contributed by atoms with Gasteiger partial charge in [-0.15, -0.1) is 0 Å². The van der Waals surface area contributed by atoms with Gasteiger partial charge >= 0.3 is 0 Å². The van der Waals surface area contributed by atoms with Crippen LogP contribution in [-0.4, -0.2) is 11.9 Å². The first kappa shape index (κ1) is 11.1. The minimum absolute atomic E-state index is 0.00637. The van der Waals surface area contributed by atoms with Gasteiger partial charge < -0.3 is 5.73 Å². The third kappa shape index (κ3) is 1.59. The first-order valence-electron chi connectivity index (χ1n) is 4.56. The Hall–Kier alpha value is -1.43. The molecule has 1 aliphatic rings. The maximum Gasteiger partial charge on any atom is 0.259 e. The lowest BCUT2D eigenvalue weighted by Crippen LogP contribution is -2.37. The average molecular weight is 286 g/mol. The normalized spacial score (nSPS) is 24.2. The SMILES string of the molecule is CC1(c2cc(Br)ccc2F)N=C(N)NC1=O. The van der Waals surface area contributed by atoms with E-state index in [0.29, 0.717) is 4.47 Å². The molecule has 1 amide bonds. The number of hydrogen-bond donors (Lipinski definition) is 2. The van der Waals surface area contributed by atoms with Gasteiger partial charge in [-0.1, -0.05) is 15.9 Å². The molecule has 0 bridgehead atoms. The number of hydrogen-bond acceptors (Lipinski definition) is 3. The van der Waals surface area contributed by atoms with E-state index in [0.717, 1.165) is 0 Å². The number of amides is 1. The summed E-state index contributed by atoms with van der Waals surface area (Å²) in [5.74, 6) is -0.909. The van der Waals surface area contributed by atoms with Crippen molar-refractivity contribution in [2.75, 3.05) is 0 Å². The molecule has 84 valence electrons. The Morgan fingerprint density at radius 1 is 1.56 bits per heavy atom. The van der Waals surface area contributed by atoms with Gasteiger partial charge in [0.05, 0.1) is 0 Å². The van der Waals surface area contributed by atoms with E-state index in [1.165, 1.54) is 19.1 Å². The lowest BCUT2D eigenvalue weighted by Gasteiger charge is -2.18. The third-order valence-corrected chi connectivity index (χ3v) is 2.97. The summed E-state index contributed by atoms with van der Waals surface area (Å²) in [6, 6.07) is 4.36. The van der Waals surface area contributed by atoms with E-state index in [9.17, 15) is 9.18 Å². The van der Waals surface area contributed by atoms with E-state index in [2.05, 4.69) is 26.2 Å². The molecular formula is C10H9BrFN3O. The Labute approximate surface area is 99.9 Å². The highest BCUT2D eigenvalue weighted by Gasteiger charge is 2.42. The molecule has 4 nitrogen and oxygen atoms in total. The Balaban J connectivity index is 2.59. The zero-order valence-corrected chi connectivity index (χ0v) is 10.0. The molecule has 1 heterocycles. The van der Waals surface area contributed by atoms with E-state index < -0.39 is 17.3 Å². The number of halogens is 2. The van der Waals surface area contributed by atoms with E-state index in [1.807, 2.05) is 0 Å². The molecule has 0 saturated carbocycles. The van der Waals surface area contributed by atoms with Crippen LogP contribution in [0.15, 0.2) is 27.7 Å². The quantitative estimate of drug-likeness (QED) is 0.815. The van der Waals surface area contributed by atoms with Crippen molar-refractivity contribution < 1.29 is 9.18 Å². The molecule has 0 aliphatic carbocycles. The van der Waals surface area contributed by atoms with Crippen LogP contribution in [-0.2, 0) is 10.3 Å². The van der Waals surface area contributed by atoms with Gasteiger partial charge in [0.15, 0.2) is 11.5 Å². The molecule has 0 spiro atoms. The summed E-state index contributed by atoms with van der Waals surface area (Å²) in [7, 11) is 0. The first-order valence-corrected chi connectivity index (χ1v) is 5.35. The smallest absolute Gasteiger partial charge is 0.259 e. The summed E-state index contributed by atoms with van der Waals surface area (Å²) in [6.45, 7) is 1.52. The van der Waals surface area contributed by atoms with Crippen LogP contribution in [0, 0.1) is 5.82 Å². The van der Waals surface area contributed by atoms with Gasteiger partial charge in [-0.3, -0.25) is 10.1 Å². The standard InChI is InChI=1S/C10H9BrFN3O/c1-10(8(16)14-9(13)15-10)6-4-5(11)2-3-7(6)12/h2-4H,1H3,(H3,13,14,15,16). The summed E-state index contributed by atoms with van der Waals surface area (Å²) in [5, 5.41) is 2.36. The molecule has 0 aromatic heterocycles. The molecule has 1 aromatic carbocycles. The van der Waals surface area contributed by atoms with Crippen molar-refractivity contribution in [3.63, 3.8) is 0 Å². The molecule has 0 fully saturated rings. The van der Waals surface area contributed by atoms with Crippen molar-refractivity contribution in [3.8, 4) is 0 Å². The minimum Gasteiger partial charge on any atom is -0.370 e. The highest BCUT2D eigenvalue weighted by atomic mass is 79.9. The second-order valence-electron chi connectivity index (χ2n) is 3.65. The second kappa shape index (κ2) is 3.55. The van der Waals surface area contributed by atoms with Crippen LogP contribution in [0.4, 0.5) is 4.39 Å². The van der Waals surface area contributed by atoms with Gasteiger partial charge in [-0.2, -0.15) is 0 Å². The van der Waals surface area contributed by atoms with Gasteiger partial charge in [-0.25, -0.2) is 9.38 Å². The molecule has 1 aliphatic heterocycles. The van der Waals surface area contributed by atoms with E-state index in [-0.39, 0.29) is 11.5 Å². The number of aliphatic imine (C=N–C) groups is 1. The largest absolute Gasteiger partial charge is 0.370 e. The highest BCUT2D eigenvalue weighted by Crippen LogP contribution is 2.32. The zero-order valence-electron chi connectivity index (χ0n) is 8.42. The number of nitrogens with zero attached hydrogens (tertiary/aromatic N) is 1. The van der Waals surface area contributed by atoms with E-state index >= 15 is 0 Å². The second-order valence-corrected chi connectivity index (χ2v) is 4.56. The van der Waals surface area contributed by atoms with Crippen LogP contribution in [0.25, 0.3) is 0 Å². The fourth-order valence-corrected chi connectivity index (χ4v) is 1.97. The molecule has 6 heteroatoms. The van der Waals surface area contributed by atoms with Gasteiger partial charge in [-0.05, 0) is 25.1 Å². The predicted molar refractivity (Wildman–Crippen MR) is 61.2 cm³/mol. The number of benzene rings is 1. The maximum absolute atomic E-state index is 13.7. The number of nitrogens with two attached hydrogens (primary N) is 1. The number of nitrogens with one attached hydrogen (secondary N) is 1. The maximum atomic E-state index is 13.7. The number of rotatable bonds is 1. The average Bonchev–Trinajstić information content (AvgIpc) is 2.46. The lowest BCUT2D eigenvalue weighted by molar-refractivity contribution is -0.123. The van der Waals surface area contributed by atoms with Gasteiger partial charge in [0.1, 0.15) is 5.82 Å². The van der Waals surface area contributed by atoms with Gasteiger partial charge in [0.25, 0.3) is 5.91 Å². The molecule has 1 atom stereocenters. The number of carbonyl (C=O) groups is 1. The van der Waals surface area contributed by atoms with Crippen LogP contribution in [0.5, 0.6) is 0 Å². The van der Waals surface area contributed by atoms with Crippen molar-refractivity contribution in [1.29, 1.82) is 0 Å². The topological polar surface area (TPSA) is 67.5 Å². The summed E-state index contributed by atoms with van der Waals surface area (Å²) in [4.78, 5) is 15.6. The molecular weight excluding hydrogens is 277 g/mol. The fraction of sp³-hybridized carbons (Fsp3) is 0.200. The molecule has 0 saturated heterocycles. The monoisotopic (exact) mass is 285 g/mol. The Morgan fingerprint density at radius 2 is 2.25 bits per heavy atom. The van der Waals surface area contributed by atoms with Crippen LogP contribution < -0.4 is 11.1 Å². The number of guanidine groups is 1. The third-order valence-electron chi connectivity index (χ3n) is 2.48. The number of carbonyl (C=O) groups excluding carboxylic acids is 1. The van der Waals surface area contributed by atoms with Crippen LogP contribution in [0.3, 0.4) is 0 Å². The van der Waals surface area contributed by atoms with E-state index in [1.54, 1.807) is 6.07 Å². The Bertz CT molecular complexity index is 503. The summed E-state index contributed by atoms with van der Waals surface area (Å²) < 4.78 is 14.3. The molecule has 3 N–H and O–H groups in total. The predicted octanol–water partition coefficient (Wildman–Crippen LogP) is 1.25. The summed E-state index contributed by atoms with van der Waals surface area (Å²) >= 11 is 3.22. The Morgan fingerprint density at radius 3 is 2.81 bits per heavy atom. The lowest BCUT2D eigenvalue weighted by atomic mass is 9.92. The van der Waals surface area contributed by atoms with E-state index in [4.69, 9.17) is 5.73 Å². The van der Waals surface area contributed by atoms with Crippen LogP contribution in [0.1, 0.15) is 12.5 Å². The van der Waals surface area contributed by atoms with Gasteiger partial charge in [0.2, 0.25) is 0 Å². The Kier molecular flexibility index (Phi) is 2.46. The summed E-state index contributed by atoms with van der Waals surface area (Å²) in [5.41, 5.74) is 4.31. The molecule has 2 rings (SSSR count). The zero-order chi connectivity index (χ0) is 11.9. The van der Waals surface area contributed by atoms with Crippen LogP contribution >= 0.6 is 15.9 Å². The fourth-order valence-electron chi connectivity index (χ4n) is 1.61. The molecule has 1 unspecified atom stereocenters. The van der Waals surface area contributed by atoms with Crippen molar-refractivity contribution in [2.45, 2.75) is 12.5 Å². The van der Waals surface area contributed by atoms with Crippen molar-refractivity contribution >= 4 is 27.8 Å². The minimum atomic E-state index is -1.29. The van der Waals surface area contributed by atoms with Crippen LogP contribution in [0.2, 0.25) is 0 Å². The van der Waals surface area contributed by atoms with Crippen molar-refractivity contribution in [3.05, 3.63) is 34.1 Å². The molecule has 0 radical (unpaired) electrons. The molecule has 1 aromatic rings. The first-order chi connectivity index (χ1) is 7.43. The van der Waals surface area contributed by atoms with Crippen molar-refractivity contribution in [2.24, 2.45) is 10.7 Å².